The zero-order valence-corrected chi connectivity index (χ0v) is 13.7. The van der Waals surface area contributed by atoms with E-state index in [0.717, 1.165) is 6.42 Å². The molecule has 1 aromatic rings. The van der Waals surface area contributed by atoms with Gasteiger partial charge in [0.2, 0.25) is 0 Å². The molecule has 0 aromatic heterocycles. The number of carbonyl (C=O) groups is 1. The van der Waals surface area contributed by atoms with Crippen LogP contribution in [0.2, 0.25) is 0 Å². The molecule has 0 radical (unpaired) electrons. The lowest BCUT2D eigenvalue weighted by atomic mass is 9.79. The van der Waals surface area contributed by atoms with Gasteiger partial charge in [0.25, 0.3) is 0 Å². The van der Waals surface area contributed by atoms with Crippen molar-refractivity contribution in [3.8, 4) is 0 Å². The molecule has 2 heteroatoms. The number of aliphatic hydroxyl groups is 1. The Bertz CT molecular complexity index is 483. The number of aryl methyl sites for hydroxylation is 2. The molecule has 0 bridgehead atoms. The average Bonchev–Trinajstić information content (AvgIpc) is 2.35. The number of hydrogen-bond acceptors (Lipinski definition) is 2. The molecule has 0 amide bonds. The van der Waals surface area contributed by atoms with Crippen molar-refractivity contribution >= 4 is 5.78 Å². The van der Waals surface area contributed by atoms with Gasteiger partial charge in [-0.05, 0) is 48.8 Å². The Kier molecular flexibility index (Phi) is 5.15. The Balaban J connectivity index is 2.93. The minimum Gasteiger partial charge on any atom is -0.395 e. The molecule has 1 atom stereocenters. The lowest BCUT2D eigenvalue weighted by Gasteiger charge is -2.25. The SMILES string of the molecule is CC(=O)C(C)(CO)CCc1ccc(C)c(C(C)(C)C)c1. The third-order valence-electron chi connectivity index (χ3n) is 4.27. The van der Waals surface area contributed by atoms with Crippen LogP contribution >= 0.6 is 0 Å². The number of rotatable bonds is 5. The molecule has 0 saturated carbocycles. The van der Waals surface area contributed by atoms with Crippen LogP contribution in [0, 0.1) is 12.3 Å². The van der Waals surface area contributed by atoms with Crippen LogP contribution in [0.1, 0.15) is 57.7 Å². The van der Waals surface area contributed by atoms with Crippen LogP contribution in [0.25, 0.3) is 0 Å². The van der Waals surface area contributed by atoms with Gasteiger partial charge in [0.1, 0.15) is 5.78 Å². The quantitative estimate of drug-likeness (QED) is 0.888. The summed E-state index contributed by atoms with van der Waals surface area (Å²) in [7, 11) is 0. The predicted octanol–water partition coefficient (Wildman–Crippen LogP) is 3.81. The van der Waals surface area contributed by atoms with Gasteiger partial charge in [0.15, 0.2) is 0 Å². The maximum atomic E-state index is 11.6. The van der Waals surface area contributed by atoms with Crippen LogP contribution in [0.3, 0.4) is 0 Å². The van der Waals surface area contributed by atoms with E-state index >= 15 is 0 Å². The number of ketones is 1. The van der Waals surface area contributed by atoms with Crippen molar-refractivity contribution in [1.29, 1.82) is 0 Å². The van der Waals surface area contributed by atoms with Gasteiger partial charge < -0.3 is 5.11 Å². The van der Waals surface area contributed by atoms with Crippen molar-refractivity contribution < 1.29 is 9.90 Å². The fourth-order valence-electron chi connectivity index (χ4n) is 2.42. The smallest absolute Gasteiger partial charge is 0.137 e. The van der Waals surface area contributed by atoms with Gasteiger partial charge in [-0.3, -0.25) is 4.79 Å². The van der Waals surface area contributed by atoms with E-state index in [-0.39, 0.29) is 17.8 Å². The maximum Gasteiger partial charge on any atom is 0.137 e. The van der Waals surface area contributed by atoms with Crippen molar-refractivity contribution in [3.05, 3.63) is 34.9 Å². The highest BCUT2D eigenvalue weighted by molar-refractivity contribution is 5.82. The molecule has 0 aliphatic carbocycles. The summed E-state index contributed by atoms with van der Waals surface area (Å²) in [5.74, 6) is 0.0585. The van der Waals surface area contributed by atoms with Crippen LogP contribution in [0.4, 0.5) is 0 Å². The van der Waals surface area contributed by atoms with E-state index in [9.17, 15) is 9.90 Å². The predicted molar refractivity (Wildman–Crippen MR) is 84.1 cm³/mol. The fraction of sp³-hybridized carbons (Fsp3) is 0.611. The van der Waals surface area contributed by atoms with Gasteiger partial charge in [-0.15, -0.1) is 0 Å². The summed E-state index contributed by atoms with van der Waals surface area (Å²) in [6.07, 6.45) is 1.51. The van der Waals surface area contributed by atoms with E-state index in [2.05, 4.69) is 45.9 Å². The number of aliphatic hydroxyl groups excluding tert-OH is 1. The molecule has 0 aliphatic heterocycles. The third-order valence-corrected chi connectivity index (χ3v) is 4.27. The standard InChI is InChI=1S/C18H28O2/c1-13-7-8-15(11-16(13)17(3,4)5)9-10-18(6,12-19)14(2)20/h7-8,11,19H,9-10,12H2,1-6H3. The van der Waals surface area contributed by atoms with Crippen molar-refractivity contribution in [2.75, 3.05) is 6.61 Å². The first-order valence-corrected chi connectivity index (χ1v) is 7.32. The number of carbonyl (C=O) groups excluding carboxylic acids is 1. The van der Waals surface area contributed by atoms with Gasteiger partial charge in [-0.25, -0.2) is 0 Å². The molecule has 1 unspecified atom stereocenters. The maximum absolute atomic E-state index is 11.6. The van der Waals surface area contributed by atoms with E-state index in [1.807, 2.05) is 6.92 Å². The van der Waals surface area contributed by atoms with E-state index in [1.54, 1.807) is 6.92 Å². The summed E-state index contributed by atoms with van der Waals surface area (Å²) >= 11 is 0. The van der Waals surface area contributed by atoms with Crippen molar-refractivity contribution in [3.63, 3.8) is 0 Å². The van der Waals surface area contributed by atoms with Gasteiger partial charge in [0, 0.05) is 5.41 Å². The van der Waals surface area contributed by atoms with Crippen LogP contribution in [-0.2, 0) is 16.6 Å². The van der Waals surface area contributed by atoms with Crippen LogP contribution in [0.5, 0.6) is 0 Å². The summed E-state index contributed by atoms with van der Waals surface area (Å²) < 4.78 is 0. The molecule has 112 valence electrons. The Morgan fingerprint density at radius 2 is 1.80 bits per heavy atom. The monoisotopic (exact) mass is 276 g/mol. The Morgan fingerprint density at radius 3 is 2.25 bits per heavy atom. The van der Waals surface area contributed by atoms with Gasteiger partial charge in [-0.2, -0.15) is 0 Å². The van der Waals surface area contributed by atoms with Crippen LogP contribution < -0.4 is 0 Å². The average molecular weight is 276 g/mol. The van der Waals surface area contributed by atoms with E-state index in [1.165, 1.54) is 16.7 Å². The summed E-state index contributed by atoms with van der Waals surface area (Å²) in [6.45, 7) is 12.1. The van der Waals surface area contributed by atoms with Gasteiger partial charge in [-0.1, -0.05) is 45.9 Å². The lowest BCUT2D eigenvalue weighted by Crippen LogP contribution is -2.30. The third kappa shape index (κ3) is 3.92. The largest absolute Gasteiger partial charge is 0.395 e. The molecule has 0 heterocycles. The molecule has 0 spiro atoms. The first-order chi connectivity index (χ1) is 9.10. The molecular weight excluding hydrogens is 248 g/mol. The summed E-state index contributed by atoms with van der Waals surface area (Å²) in [6, 6.07) is 6.52. The molecule has 1 rings (SSSR count). The first-order valence-electron chi connectivity index (χ1n) is 7.32. The van der Waals surface area contributed by atoms with Crippen LogP contribution in [-0.4, -0.2) is 17.5 Å². The van der Waals surface area contributed by atoms with Crippen molar-refractivity contribution in [2.45, 2.75) is 59.8 Å². The first kappa shape index (κ1) is 16.9. The lowest BCUT2D eigenvalue weighted by molar-refractivity contribution is -0.128. The number of hydrogen-bond donors (Lipinski definition) is 1. The summed E-state index contributed by atoms with van der Waals surface area (Å²) in [5.41, 5.74) is 3.40. The molecule has 0 fully saturated rings. The minimum absolute atomic E-state index is 0.0585. The van der Waals surface area contributed by atoms with Crippen LogP contribution in [0.15, 0.2) is 18.2 Å². The summed E-state index contributed by atoms with van der Waals surface area (Å²) in [4.78, 5) is 11.6. The summed E-state index contributed by atoms with van der Waals surface area (Å²) in [5, 5.41) is 9.44. The number of Topliss-reactive ketones (excluding diaryl/α,β-unsaturated/α-hetero) is 1. The Hall–Kier alpha value is -1.15. The minimum atomic E-state index is -0.618. The number of benzene rings is 1. The normalized spacial score (nSPS) is 14.9. The molecule has 1 aromatic carbocycles. The molecule has 2 nitrogen and oxygen atoms in total. The Labute approximate surface area is 123 Å². The second-order valence-electron chi connectivity index (χ2n) is 7.17. The topological polar surface area (TPSA) is 37.3 Å². The second-order valence-corrected chi connectivity index (χ2v) is 7.17. The van der Waals surface area contributed by atoms with Crippen molar-refractivity contribution in [2.24, 2.45) is 5.41 Å². The zero-order valence-electron chi connectivity index (χ0n) is 13.7. The molecule has 20 heavy (non-hydrogen) atoms. The fourth-order valence-corrected chi connectivity index (χ4v) is 2.42. The van der Waals surface area contributed by atoms with E-state index in [0.29, 0.717) is 6.42 Å². The van der Waals surface area contributed by atoms with Gasteiger partial charge >= 0.3 is 0 Å². The van der Waals surface area contributed by atoms with Gasteiger partial charge in [0.05, 0.1) is 6.61 Å². The highest BCUT2D eigenvalue weighted by Crippen LogP contribution is 2.29. The second kappa shape index (κ2) is 6.09. The molecular formula is C18H28O2. The zero-order chi connectivity index (χ0) is 15.6. The van der Waals surface area contributed by atoms with E-state index < -0.39 is 5.41 Å². The molecule has 0 aliphatic rings. The van der Waals surface area contributed by atoms with E-state index in [4.69, 9.17) is 0 Å². The highest BCUT2D eigenvalue weighted by atomic mass is 16.3. The molecule has 0 saturated heterocycles. The molecule has 1 N–H and O–H groups in total. The van der Waals surface area contributed by atoms with Crippen molar-refractivity contribution in [1.82, 2.24) is 0 Å². The Morgan fingerprint density at radius 1 is 1.20 bits per heavy atom. The highest BCUT2D eigenvalue weighted by Gasteiger charge is 2.28.